The molecule has 0 aromatic carbocycles. The highest BCUT2D eigenvalue weighted by Crippen LogP contribution is 2.21. The van der Waals surface area contributed by atoms with Gasteiger partial charge in [0.1, 0.15) is 5.69 Å². The summed E-state index contributed by atoms with van der Waals surface area (Å²) in [7, 11) is 0. The number of aromatic nitrogens is 1. The van der Waals surface area contributed by atoms with E-state index < -0.39 is 23.7 Å². The number of carboxylic acid groups (broad SMARTS) is 1. The molecule has 0 radical (unpaired) electrons. The number of H-pyrrole nitrogens is 1. The van der Waals surface area contributed by atoms with Gasteiger partial charge >= 0.3 is 5.97 Å². The highest BCUT2D eigenvalue weighted by Gasteiger charge is 2.18. The van der Waals surface area contributed by atoms with Gasteiger partial charge in [-0.15, -0.1) is 0 Å². The van der Waals surface area contributed by atoms with Gasteiger partial charge in [0, 0.05) is 6.20 Å². The van der Waals surface area contributed by atoms with Gasteiger partial charge in [0.25, 0.3) is 6.43 Å². The maximum absolute atomic E-state index is 11.9. The van der Waals surface area contributed by atoms with E-state index in [1.54, 1.807) is 0 Å². The molecule has 0 aliphatic heterocycles. The topological polar surface area (TPSA) is 53.1 Å². The van der Waals surface area contributed by atoms with Crippen LogP contribution in [0.2, 0.25) is 0 Å². The Balaban J connectivity index is 3.06. The number of rotatable bonds is 2. The largest absolute Gasteiger partial charge is 0.477 e. The smallest absolute Gasteiger partial charge is 0.352 e. The van der Waals surface area contributed by atoms with Crippen LogP contribution in [0, 0.1) is 0 Å². The molecule has 1 aromatic heterocycles. The van der Waals surface area contributed by atoms with Gasteiger partial charge in [0.05, 0.1) is 5.56 Å². The fourth-order valence-electron chi connectivity index (χ4n) is 0.749. The second-order valence-corrected chi connectivity index (χ2v) is 1.91. The van der Waals surface area contributed by atoms with E-state index in [-0.39, 0.29) is 0 Å². The molecule has 5 heteroatoms. The molecule has 0 amide bonds. The summed E-state index contributed by atoms with van der Waals surface area (Å²) in [4.78, 5) is 12.4. The molecule has 0 unspecified atom stereocenters. The van der Waals surface area contributed by atoms with Crippen LogP contribution in [0.15, 0.2) is 12.3 Å². The molecular formula is C6H5F2NO2. The molecule has 1 heterocycles. The average Bonchev–Trinajstić information content (AvgIpc) is 2.32. The molecule has 0 saturated heterocycles. The first kappa shape index (κ1) is 7.71. The van der Waals surface area contributed by atoms with E-state index in [2.05, 4.69) is 4.98 Å². The van der Waals surface area contributed by atoms with Gasteiger partial charge in [-0.05, 0) is 6.07 Å². The molecule has 0 spiro atoms. The number of aromatic carboxylic acids is 1. The summed E-state index contributed by atoms with van der Waals surface area (Å²) in [5.74, 6) is -1.37. The molecular weight excluding hydrogens is 156 g/mol. The minimum absolute atomic E-state index is 0.444. The van der Waals surface area contributed by atoms with Crippen molar-refractivity contribution in [3.63, 3.8) is 0 Å². The minimum atomic E-state index is -2.74. The normalized spacial score (nSPS) is 10.5. The number of alkyl halides is 2. The fourth-order valence-corrected chi connectivity index (χ4v) is 0.749. The van der Waals surface area contributed by atoms with Crippen molar-refractivity contribution >= 4 is 5.97 Å². The van der Waals surface area contributed by atoms with E-state index in [1.165, 1.54) is 6.20 Å². The van der Waals surface area contributed by atoms with Gasteiger partial charge in [-0.25, -0.2) is 13.6 Å². The van der Waals surface area contributed by atoms with Gasteiger partial charge < -0.3 is 10.1 Å². The predicted octanol–water partition coefficient (Wildman–Crippen LogP) is 1.65. The summed E-state index contributed by atoms with van der Waals surface area (Å²) in [6, 6.07) is 1.05. The third kappa shape index (κ3) is 1.36. The van der Waals surface area contributed by atoms with Crippen LogP contribution in [0.3, 0.4) is 0 Å². The van der Waals surface area contributed by atoms with Gasteiger partial charge in [-0.3, -0.25) is 0 Å². The zero-order valence-corrected chi connectivity index (χ0v) is 5.34. The average molecular weight is 161 g/mol. The summed E-state index contributed by atoms with van der Waals surface area (Å²) in [5, 5.41) is 8.34. The number of hydrogen-bond donors (Lipinski definition) is 2. The molecule has 1 aromatic rings. The summed E-state index contributed by atoms with van der Waals surface area (Å²) in [6.07, 6.45) is -1.57. The highest BCUT2D eigenvalue weighted by molar-refractivity contribution is 5.87. The molecule has 2 N–H and O–H groups in total. The molecule has 1 rings (SSSR count). The van der Waals surface area contributed by atoms with Crippen LogP contribution >= 0.6 is 0 Å². The maximum Gasteiger partial charge on any atom is 0.352 e. The molecule has 0 atom stereocenters. The van der Waals surface area contributed by atoms with E-state index in [0.717, 1.165) is 6.07 Å². The van der Waals surface area contributed by atoms with E-state index in [1.807, 2.05) is 0 Å². The van der Waals surface area contributed by atoms with Crippen molar-refractivity contribution < 1.29 is 18.7 Å². The lowest BCUT2D eigenvalue weighted by Gasteiger charge is -1.95. The lowest BCUT2D eigenvalue weighted by atomic mass is 10.2. The van der Waals surface area contributed by atoms with Crippen molar-refractivity contribution in [2.24, 2.45) is 0 Å². The number of hydrogen-bond acceptors (Lipinski definition) is 1. The summed E-state index contributed by atoms with van der Waals surface area (Å²) in [6.45, 7) is 0. The van der Waals surface area contributed by atoms with Crippen molar-refractivity contribution in [1.82, 2.24) is 4.98 Å². The lowest BCUT2D eigenvalue weighted by molar-refractivity contribution is 0.0679. The second-order valence-electron chi connectivity index (χ2n) is 1.91. The van der Waals surface area contributed by atoms with Crippen LogP contribution in [-0.4, -0.2) is 16.1 Å². The van der Waals surface area contributed by atoms with Crippen LogP contribution < -0.4 is 0 Å². The zero-order valence-electron chi connectivity index (χ0n) is 5.34. The van der Waals surface area contributed by atoms with Crippen molar-refractivity contribution in [3.8, 4) is 0 Å². The number of aromatic amines is 1. The fraction of sp³-hybridized carbons (Fsp3) is 0.167. The number of halogens is 2. The number of carbonyl (C=O) groups is 1. The van der Waals surface area contributed by atoms with Crippen LogP contribution in [0.1, 0.15) is 22.5 Å². The van der Waals surface area contributed by atoms with Crippen molar-refractivity contribution in [1.29, 1.82) is 0 Å². The van der Waals surface area contributed by atoms with E-state index in [0.29, 0.717) is 0 Å². The van der Waals surface area contributed by atoms with Crippen LogP contribution in [0.25, 0.3) is 0 Å². The SMILES string of the molecule is O=C(O)c1[nH]ccc1C(F)F. The first-order valence-electron chi connectivity index (χ1n) is 2.81. The Morgan fingerprint density at radius 2 is 2.27 bits per heavy atom. The third-order valence-electron chi connectivity index (χ3n) is 1.23. The lowest BCUT2D eigenvalue weighted by Crippen LogP contribution is -2.00. The third-order valence-corrected chi connectivity index (χ3v) is 1.23. The van der Waals surface area contributed by atoms with E-state index in [9.17, 15) is 13.6 Å². The van der Waals surface area contributed by atoms with Crippen LogP contribution in [0.4, 0.5) is 8.78 Å². The molecule has 0 bridgehead atoms. The Labute approximate surface area is 60.7 Å². The van der Waals surface area contributed by atoms with Crippen molar-refractivity contribution in [2.75, 3.05) is 0 Å². The second kappa shape index (κ2) is 2.69. The molecule has 60 valence electrons. The summed E-state index contributed by atoms with van der Waals surface area (Å²) < 4.78 is 23.9. The maximum atomic E-state index is 11.9. The van der Waals surface area contributed by atoms with Crippen molar-refractivity contribution in [3.05, 3.63) is 23.5 Å². The van der Waals surface area contributed by atoms with Crippen LogP contribution in [-0.2, 0) is 0 Å². The number of nitrogens with one attached hydrogen (secondary N) is 1. The molecule has 0 aliphatic rings. The number of carboxylic acids is 1. The molecule has 0 saturated carbocycles. The Morgan fingerprint density at radius 3 is 2.64 bits per heavy atom. The molecule has 0 aliphatic carbocycles. The Hall–Kier alpha value is -1.39. The predicted molar refractivity (Wildman–Crippen MR) is 32.7 cm³/mol. The highest BCUT2D eigenvalue weighted by atomic mass is 19.3. The first-order valence-corrected chi connectivity index (χ1v) is 2.81. The van der Waals surface area contributed by atoms with Gasteiger partial charge in [0.15, 0.2) is 0 Å². The molecule has 0 fully saturated rings. The van der Waals surface area contributed by atoms with Crippen LogP contribution in [0.5, 0.6) is 0 Å². The summed E-state index contributed by atoms with van der Waals surface area (Å²) >= 11 is 0. The van der Waals surface area contributed by atoms with Gasteiger partial charge in [-0.1, -0.05) is 0 Å². The monoisotopic (exact) mass is 161 g/mol. The van der Waals surface area contributed by atoms with E-state index >= 15 is 0 Å². The zero-order chi connectivity index (χ0) is 8.43. The Bertz CT molecular complexity index is 269. The molecule has 11 heavy (non-hydrogen) atoms. The Morgan fingerprint density at radius 1 is 1.64 bits per heavy atom. The van der Waals surface area contributed by atoms with Gasteiger partial charge in [0.2, 0.25) is 0 Å². The Kier molecular flexibility index (Phi) is 1.89. The summed E-state index contributed by atoms with van der Waals surface area (Å²) in [5.41, 5.74) is -0.919. The minimum Gasteiger partial charge on any atom is -0.477 e. The molecule has 3 nitrogen and oxygen atoms in total. The standard InChI is InChI=1S/C6H5F2NO2/c7-5(8)3-1-2-9-4(3)6(10)11/h1-2,5,9H,(H,10,11). The van der Waals surface area contributed by atoms with Crippen molar-refractivity contribution in [2.45, 2.75) is 6.43 Å². The first-order chi connectivity index (χ1) is 5.13. The van der Waals surface area contributed by atoms with Gasteiger partial charge in [-0.2, -0.15) is 0 Å². The van der Waals surface area contributed by atoms with E-state index in [4.69, 9.17) is 5.11 Å². The quantitative estimate of drug-likeness (QED) is 0.692.